The zero-order chi connectivity index (χ0) is 21.0. The topological polar surface area (TPSA) is 37.3 Å². The molecule has 0 aliphatic heterocycles. The Kier molecular flexibility index (Phi) is 7.78. The van der Waals surface area contributed by atoms with E-state index in [2.05, 4.69) is 13.0 Å². The van der Waals surface area contributed by atoms with Crippen LogP contribution in [-0.2, 0) is 6.42 Å². The van der Waals surface area contributed by atoms with E-state index in [9.17, 15) is 14.3 Å². The van der Waals surface area contributed by atoms with Crippen molar-refractivity contribution in [3.05, 3.63) is 63.9 Å². The van der Waals surface area contributed by atoms with Gasteiger partial charge in [0.15, 0.2) is 5.78 Å². The van der Waals surface area contributed by atoms with Crippen molar-refractivity contribution in [1.82, 2.24) is 0 Å². The summed E-state index contributed by atoms with van der Waals surface area (Å²) in [5, 5.41) is 10.3. The number of carbonyl (C=O) groups is 1. The molecule has 1 N–H and O–H groups in total. The highest BCUT2D eigenvalue weighted by Crippen LogP contribution is 2.37. The normalized spacial score (nSPS) is 20.0. The number of halogens is 2. The number of carbonyl (C=O) groups excluding carboxylic acids is 1. The van der Waals surface area contributed by atoms with E-state index in [1.165, 1.54) is 11.6 Å². The average Bonchev–Trinajstić information content (AvgIpc) is 3.12. The third-order valence-corrected chi connectivity index (χ3v) is 7.45. The van der Waals surface area contributed by atoms with Gasteiger partial charge in [-0.05, 0) is 67.3 Å². The fraction of sp³-hybridized carbons (Fsp3) is 0.458. The van der Waals surface area contributed by atoms with E-state index in [4.69, 9.17) is 11.6 Å². The van der Waals surface area contributed by atoms with Gasteiger partial charge in [-0.2, -0.15) is 0 Å². The number of ketones is 1. The van der Waals surface area contributed by atoms with Crippen LogP contribution in [0.5, 0.6) is 0 Å². The van der Waals surface area contributed by atoms with Gasteiger partial charge in [-0.3, -0.25) is 4.79 Å². The van der Waals surface area contributed by atoms with Crippen molar-refractivity contribution < 1.29 is 14.3 Å². The van der Waals surface area contributed by atoms with Crippen LogP contribution in [0.2, 0.25) is 5.02 Å². The Labute approximate surface area is 181 Å². The van der Waals surface area contributed by atoms with Crippen molar-refractivity contribution in [3.8, 4) is 0 Å². The number of hydrogen-bond donors (Lipinski definition) is 1. The predicted molar refractivity (Wildman–Crippen MR) is 119 cm³/mol. The first-order chi connectivity index (χ1) is 13.9. The molecule has 1 aliphatic rings. The van der Waals surface area contributed by atoms with E-state index < -0.39 is 5.82 Å². The third-order valence-electron chi connectivity index (χ3n) is 5.76. The molecule has 0 aromatic heterocycles. The second-order valence-electron chi connectivity index (χ2n) is 7.79. The maximum atomic E-state index is 13.5. The lowest BCUT2D eigenvalue weighted by atomic mass is 9.89. The molecular weight excluding hydrogens is 407 g/mol. The Morgan fingerprint density at radius 2 is 2.03 bits per heavy atom. The molecule has 0 amide bonds. The van der Waals surface area contributed by atoms with Gasteiger partial charge in [-0.15, -0.1) is 11.8 Å². The number of Topliss-reactive ketones (excluding diaryl/α,β-unsaturated/α-hetero) is 1. The Bertz CT molecular complexity index is 870. The van der Waals surface area contributed by atoms with Crippen LogP contribution in [0.3, 0.4) is 0 Å². The average molecular weight is 435 g/mol. The van der Waals surface area contributed by atoms with Crippen LogP contribution < -0.4 is 0 Å². The van der Waals surface area contributed by atoms with Gasteiger partial charge in [0.1, 0.15) is 5.82 Å². The fourth-order valence-electron chi connectivity index (χ4n) is 3.94. The number of thioether (sulfide) groups is 1. The second kappa shape index (κ2) is 10.1. The lowest BCUT2D eigenvalue weighted by Crippen LogP contribution is -2.08. The van der Waals surface area contributed by atoms with Crippen molar-refractivity contribution >= 4 is 29.1 Å². The molecule has 2 aromatic rings. The molecule has 0 radical (unpaired) electrons. The third kappa shape index (κ3) is 5.62. The van der Waals surface area contributed by atoms with Crippen molar-refractivity contribution in [3.63, 3.8) is 0 Å². The van der Waals surface area contributed by atoms with Gasteiger partial charge in [0, 0.05) is 22.1 Å². The Hall–Kier alpha value is -1.36. The first-order valence-corrected chi connectivity index (χ1v) is 11.6. The van der Waals surface area contributed by atoms with Gasteiger partial charge in [-0.25, -0.2) is 4.39 Å². The minimum Gasteiger partial charge on any atom is -0.393 e. The lowest BCUT2D eigenvalue weighted by Gasteiger charge is -2.17. The number of hydrogen-bond acceptors (Lipinski definition) is 3. The predicted octanol–water partition coefficient (Wildman–Crippen LogP) is 6.81. The molecule has 2 nitrogen and oxygen atoms in total. The molecule has 29 heavy (non-hydrogen) atoms. The van der Waals surface area contributed by atoms with Crippen LogP contribution in [0.15, 0.2) is 41.3 Å². The van der Waals surface area contributed by atoms with Gasteiger partial charge < -0.3 is 5.11 Å². The van der Waals surface area contributed by atoms with Crippen LogP contribution in [-0.4, -0.2) is 22.2 Å². The van der Waals surface area contributed by atoms with Crippen molar-refractivity contribution in [2.75, 3.05) is 0 Å². The highest BCUT2D eigenvalue weighted by Gasteiger charge is 2.25. The second-order valence-corrected chi connectivity index (χ2v) is 9.54. The van der Waals surface area contributed by atoms with Crippen molar-refractivity contribution in [1.29, 1.82) is 0 Å². The highest BCUT2D eigenvalue weighted by molar-refractivity contribution is 8.00. The fourth-order valence-corrected chi connectivity index (χ4v) is 5.62. The summed E-state index contributed by atoms with van der Waals surface area (Å²) in [6, 6.07) is 10.7. The van der Waals surface area contributed by atoms with Crippen LogP contribution in [0.4, 0.5) is 4.39 Å². The number of aliphatic hydroxyl groups is 1. The molecular formula is C24H28ClFO2S. The summed E-state index contributed by atoms with van der Waals surface area (Å²) >= 11 is 7.72. The monoisotopic (exact) mass is 434 g/mol. The first kappa shape index (κ1) is 22.3. The van der Waals surface area contributed by atoms with Gasteiger partial charge in [0.25, 0.3) is 0 Å². The molecule has 2 aromatic carbocycles. The van der Waals surface area contributed by atoms with Gasteiger partial charge in [0.2, 0.25) is 0 Å². The molecule has 0 saturated heterocycles. The summed E-state index contributed by atoms with van der Waals surface area (Å²) in [5.41, 5.74) is 2.85. The van der Waals surface area contributed by atoms with Crippen LogP contribution >= 0.6 is 23.4 Å². The van der Waals surface area contributed by atoms with Gasteiger partial charge in [0.05, 0.1) is 11.1 Å². The van der Waals surface area contributed by atoms with E-state index in [-0.39, 0.29) is 22.8 Å². The van der Waals surface area contributed by atoms with Gasteiger partial charge >= 0.3 is 0 Å². The summed E-state index contributed by atoms with van der Waals surface area (Å²) < 4.78 is 13.5. The van der Waals surface area contributed by atoms with Crippen molar-refractivity contribution in [2.45, 2.75) is 74.5 Å². The largest absolute Gasteiger partial charge is 0.393 e. The molecule has 5 heteroatoms. The molecule has 3 atom stereocenters. The SMILES string of the molecule is CCc1ccc(C(=O)CC(CC)c2ccc(F)c(Cl)c2)cc1SC1CC[C@H](O)C1. The van der Waals surface area contributed by atoms with E-state index >= 15 is 0 Å². The minimum atomic E-state index is -0.439. The molecule has 1 saturated carbocycles. The summed E-state index contributed by atoms with van der Waals surface area (Å²) in [6.07, 6.45) is 4.55. The first-order valence-electron chi connectivity index (χ1n) is 10.4. The summed E-state index contributed by atoms with van der Waals surface area (Å²) in [5.74, 6) is -0.341. The Balaban J connectivity index is 1.76. The zero-order valence-electron chi connectivity index (χ0n) is 17.0. The molecule has 0 heterocycles. The number of rotatable bonds is 8. The highest BCUT2D eigenvalue weighted by atomic mass is 35.5. The quantitative estimate of drug-likeness (QED) is 0.463. The van der Waals surface area contributed by atoms with Crippen LogP contribution in [0.25, 0.3) is 0 Å². The van der Waals surface area contributed by atoms with E-state index in [0.29, 0.717) is 11.7 Å². The maximum Gasteiger partial charge on any atom is 0.163 e. The molecule has 1 fully saturated rings. The van der Waals surface area contributed by atoms with Crippen molar-refractivity contribution in [2.24, 2.45) is 0 Å². The molecule has 0 bridgehead atoms. The molecule has 3 rings (SSSR count). The van der Waals surface area contributed by atoms with E-state index in [0.717, 1.165) is 48.1 Å². The Morgan fingerprint density at radius 1 is 1.24 bits per heavy atom. The van der Waals surface area contributed by atoms with E-state index in [1.807, 2.05) is 19.1 Å². The maximum absolute atomic E-state index is 13.5. The molecule has 2 unspecified atom stereocenters. The lowest BCUT2D eigenvalue weighted by molar-refractivity contribution is 0.0972. The smallest absolute Gasteiger partial charge is 0.163 e. The zero-order valence-corrected chi connectivity index (χ0v) is 18.5. The number of benzene rings is 2. The van der Waals surface area contributed by atoms with Gasteiger partial charge in [-0.1, -0.05) is 43.6 Å². The Morgan fingerprint density at radius 3 is 2.66 bits per heavy atom. The summed E-state index contributed by atoms with van der Waals surface area (Å²) in [4.78, 5) is 14.2. The van der Waals surface area contributed by atoms with Crippen LogP contribution in [0, 0.1) is 5.82 Å². The standard InChI is InChI=1S/C24H28ClFO2S/c1-3-15-5-6-18(13-24(15)29-20-9-8-19(27)14-20)23(28)12-16(4-2)17-7-10-22(26)21(25)11-17/h5-7,10-11,13,16,19-20,27H,3-4,8-9,12,14H2,1-2H3/t16?,19-,20?/m0/s1. The molecule has 0 spiro atoms. The molecule has 1 aliphatic carbocycles. The van der Waals surface area contributed by atoms with Crippen LogP contribution in [0.1, 0.15) is 73.4 Å². The number of aryl methyl sites for hydroxylation is 1. The number of aliphatic hydroxyl groups excluding tert-OH is 1. The summed E-state index contributed by atoms with van der Waals surface area (Å²) in [6.45, 7) is 4.15. The summed E-state index contributed by atoms with van der Waals surface area (Å²) in [7, 11) is 0. The molecule has 156 valence electrons. The van der Waals surface area contributed by atoms with E-state index in [1.54, 1.807) is 23.9 Å². The minimum absolute atomic E-state index is 0.00698.